The molecule has 0 unspecified atom stereocenters. The van der Waals surface area contributed by atoms with Gasteiger partial charge in [-0.15, -0.1) is 0 Å². The molecule has 5 aromatic rings. The van der Waals surface area contributed by atoms with Gasteiger partial charge >= 0.3 is 0 Å². The fraction of sp³-hybridized carbons (Fsp3) is 0.0789. The van der Waals surface area contributed by atoms with Gasteiger partial charge in [-0.2, -0.15) is 0 Å². The van der Waals surface area contributed by atoms with Crippen LogP contribution in [-0.2, 0) is 0 Å². The number of rotatable bonds is 7. The molecule has 0 fully saturated rings. The van der Waals surface area contributed by atoms with Crippen molar-refractivity contribution >= 4 is 17.0 Å². The largest absolute Gasteiger partial charge is 0.248 e. The van der Waals surface area contributed by atoms with Gasteiger partial charge in [0.2, 0.25) is 0 Å². The van der Waals surface area contributed by atoms with Crippen molar-refractivity contribution in [3.05, 3.63) is 168 Å². The van der Waals surface area contributed by atoms with Gasteiger partial charge in [0.15, 0.2) is 0 Å². The Kier molecular flexibility index (Phi) is 7.80. The number of hydrogen-bond donors (Lipinski definition) is 0. The molecule has 190 valence electrons. The average Bonchev–Trinajstić information content (AvgIpc) is 2.98. The topological polar surface area (TPSA) is 12.4 Å². The molecule has 5 rings (SSSR count). The van der Waals surface area contributed by atoms with Gasteiger partial charge in [-0.25, -0.2) is 4.99 Å². The molecule has 0 atom stereocenters. The Morgan fingerprint density at radius 1 is 0.564 bits per heavy atom. The van der Waals surface area contributed by atoms with Crippen molar-refractivity contribution in [1.29, 1.82) is 0 Å². The minimum absolute atomic E-state index is 0.735. The maximum absolute atomic E-state index is 5.05. The van der Waals surface area contributed by atoms with Gasteiger partial charge in [0.1, 0.15) is 0 Å². The molecule has 0 spiro atoms. The number of benzene rings is 5. The van der Waals surface area contributed by atoms with Crippen LogP contribution in [0, 0.1) is 13.8 Å². The first-order valence-corrected chi connectivity index (χ1v) is 13.3. The monoisotopic (exact) mass is 503 g/mol. The third-order valence-corrected chi connectivity index (χ3v) is 7.11. The van der Waals surface area contributed by atoms with E-state index in [-0.39, 0.29) is 0 Å². The maximum atomic E-state index is 5.05. The van der Waals surface area contributed by atoms with Crippen LogP contribution in [0.1, 0.15) is 34.7 Å². The normalized spacial score (nSPS) is 11.9. The zero-order valence-corrected chi connectivity index (χ0v) is 22.9. The van der Waals surface area contributed by atoms with Crippen LogP contribution in [0.15, 0.2) is 145 Å². The summed E-state index contributed by atoms with van der Waals surface area (Å²) in [6.07, 6.45) is 2.15. The lowest BCUT2D eigenvalue weighted by molar-refractivity contribution is 1.40. The highest BCUT2D eigenvalue weighted by molar-refractivity contribution is 6.14. The predicted octanol–water partition coefficient (Wildman–Crippen LogP) is 10.2. The van der Waals surface area contributed by atoms with Crippen LogP contribution >= 0.6 is 0 Å². The van der Waals surface area contributed by atoms with Crippen LogP contribution in [0.4, 0.5) is 0 Å². The molecule has 0 bridgehead atoms. The molecular weight excluding hydrogens is 470 g/mol. The SMILES string of the molecule is C=C(N=C(/C=C(\C)c1ccccc1)c1ccccc1)c1cccc(-c2ccc(C)c(-c3ccccc3C)c2)c1. The third kappa shape index (κ3) is 6.05. The van der Waals surface area contributed by atoms with Crippen LogP contribution in [0.5, 0.6) is 0 Å². The third-order valence-electron chi connectivity index (χ3n) is 7.11. The van der Waals surface area contributed by atoms with E-state index in [1.165, 1.54) is 33.4 Å². The molecule has 0 aliphatic heterocycles. The van der Waals surface area contributed by atoms with E-state index in [1.54, 1.807) is 0 Å². The summed E-state index contributed by atoms with van der Waals surface area (Å²) in [5, 5.41) is 0. The van der Waals surface area contributed by atoms with E-state index in [9.17, 15) is 0 Å². The summed E-state index contributed by atoms with van der Waals surface area (Å²) in [5.74, 6) is 0. The fourth-order valence-corrected chi connectivity index (χ4v) is 4.83. The van der Waals surface area contributed by atoms with Gasteiger partial charge in [0, 0.05) is 11.1 Å². The van der Waals surface area contributed by atoms with Crippen molar-refractivity contribution in [3.63, 3.8) is 0 Å². The second kappa shape index (κ2) is 11.8. The standard InChI is InChI=1S/C38H33N/c1-27-14-11-12-21-36(27)37-26-35(23-22-28(37)2)34-20-13-19-33(25-34)30(4)39-38(32-17-9-6-10-18-32)24-29(3)31-15-7-5-8-16-31/h5-26H,4H2,1-3H3/b29-24+,39-38?. The predicted molar refractivity (Wildman–Crippen MR) is 169 cm³/mol. The van der Waals surface area contributed by atoms with Crippen molar-refractivity contribution in [2.75, 3.05) is 0 Å². The van der Waals surface area contributed by atoms with Crippen LogP contribution in [-0.4, -0.2) is 5.71 Å². The van der Waals surface area contributed by atoms with E-state index in [0.29, 0.717) is 0 Å². The van der Waals surface area contributed by atoms with E-state index in [4.69, 9.17) is 4.99 Å². The van der Waals surface area contributed by atoms with Gasteiger partial charge in [-0.3, -0.25) is 0 Å². The van der Waals surface area contributed by atoms with Crippen LogP contribution in [0.25, 0.3) is 33.5 Å². The number of allylic oxidation sites excluding steroid dienone is 2. The molecule has 0 saturated carbocycles. The summed E-state index contributed by atoms with van der Waals surface area (Å²) >= 11 is 0. The second-order valence-corrected chi connectivity index (χ2v) is 9.93. The molecule has 1 nitrogen and oxygen atoms in total. The highest BCUT2D eigenvalue weighted by atomic mass is 14.8. The molecule has 0 N–H and O–H groups in total. The minimum Gasteiger partial charge on any atom is -0.248 e. The maximum Gasteiger partial charge on any atom is 0.0712 e. The Morgan fingerprint density at radius 2 is 1.15 bits per heavy atom. The van der Waals surface area contributed by atoms with E-state index in [2.05, 4.69) is 137 Å². The van der Waals surface area contributed by atoms with Crippen LogP contribution in [0.3, 0.4) is 0 Å². The first kappa shape index (κ1) is 25.9. The Morgan fingerprint density at radius 3 is 1.87 bits per heavy atom. The van der Waals surface area contributed by atoms with Crippen molar-refractivity contribution in [2.45, 2.75) is 20.8 Å². The zero-order chi connectivity index (χ0) is 27.2. The molecular formula is C38H33N. The summed E-state index contributed by atoms with van der Waals surface area (Å²) in [5.41, 5.74) is 13.4. The summed E-state index contributed by atoms with van der Waals surface area (Å²) in [4.78, 5) is 5.05. The average molecular weight is 504 g/mol. The lowest BCUT2D eigenvalue weighted by Crippen LogP contribution is -1.99. The smallest absolute Gasteiger partial charge is 0.0712 e. The molecule has 0 aliphatic rings. The number of nitrogens with zero attached hydrogens (tertiary/aromatic N) is 1. The van der Waals surface area contributed by atoms with Crippen molar-refractivity contribution < 1.29 is 0 Å². The van der Waals surface area contributed by atoms with Gasteiger partial charge in [-0.1, -0.05) is 122 Å². The van der Waals surface area contributed by atoms with Gasteiger partial charge < -0.3 is 0 Å². The molecule has 0 aliphatic carbocycles. The molecule has 0 heterocycles. The first-order valence-electron chi connectivity index (χ1n) is 13.3. The number of aliphatic imine (C=N–C) groups is 1. The summed E-state index contributed by atoms with van der Waals surface area (Å²) in [6, 6.07) is 44.5. The summed E-state index contributed by atoms with van der Waals surface area (Å²) < 4.78 is 0. The van der Waals surface area contributed by atoms with Crippen molar-refractivity contribution in [1.82, 2.24) is 0 Å². The minimum atomic E-state index is 0.735. The molecule has 0 saturated heterocycles. The fourth-order valence-electron chi connectivity index (χ4n) is 4.83. The summed E-state index contributed by atoms with van der Waals surface area (Å²) in [7, 11) is 0. The first-order chi connectivity index (χ1) is 19.0. The lowest BCUT2D eigenvalue weighted by atomic mass is 9.92. The molecule has 5 aromatic carbocycles. The highest BCUT2D eigenvalue weighted by Gasteiger charge is 2.10. The van der Waals surface area contributed by atoms with E-state index >= 15 is 0 Å². The van der Waals surface area contributed by atoms with E-state index in [0.717, 1.165) is 33.7 Å². The van der Waals surface area contributed by atoms with Crippen molar-refractivity contribution in [3.8, 4) is 22.3 Å². The van der Waals surface area contributed by atoms with Gasteiger partial charge in [-0.05, 0) is 83.5 Å². The number of aryl methyl sites for hydroxylation is 2. The molecule has 39 heavy (non-hydrogen) atoms. The van der Waals surface area contributed by atoms with Gasteiger partial charge in [0.25, 0.3) is 0 Å². The van der Waals surface area contributed by atoms with E-state index in [1.807, 2.05) is 24.3 Å². The second-order valence-electron chi connectivity index (χ2n) is 9.93. The van der Waals surface area contributed by atoms with Gasteiger partial charge in [0.05, 0.1) is 11.4 Å². The number of hydrogen-bond acceptors (Lipinski definition) is 1. The highest BCUT2D eigenvalue weighted by Crippen LogP contribution is 2.32. The molecule has 0 amide bonds. The zero-order valence-electron chi connectivity index (χ0n) is 22.9. The van der Waals surface area contributed by atoms with Crippen LogP contribution in [0.2, 0.25) is 0 Å². The van der Waals surface area contributed by atoms with Crippen LogP contribution < -0.4 is 0 Å². The Balaban J connectivity index is 1.52. The molecule has 0 radical (unpaired) electrons. The Hall–Kier alpha value is -4.75. The molecule has 0 aromatic heterocycles. The van der Waals surface area contributed by atoms with Crippen molar-refractivity contribution in [2.24, 2.45) is 4.99 Å². The Bertz CT molecular complexity index is 1670. The van der Waals surface area contributed by atoms with E-state index < -0.39 is 0 Å². The Labute approximate surface area is 232 Å². The molecule has 1 heteroatoms. The lowest BCUT2D eigenvalue weighted by Gasteiger charge is -2.13. The quantitative estimate of drug-likeness (QED) is 0.196. The summed E-state index contributed by atoms with van der Waals surface area (Å²) in [6.45, 7) is 10.8.